The zero-order valence-corrected chi connectivity index (χ0v) is 9.20. The maximum Gasteiger partial charge on any atom is 0.158 e. The third-order valence-electron chi connectivity index (χ3n) is 2.50. The van der Waals surface area contributed by atoms with E-state index in [0.29, 0.717) is 6.54 Å². The highest BCUT2D eigenvalue weighted by Gasteiger charge is 2.07. The monoisotopic (exact) mass is 204 g/mol. The summed E-state index contributed by atoms with van der Waals surface area (Å²) < 4.78 is 1.89. The van der Waals surface area contributed by atoms with E-state index >= 15 is 0 Å². The first-order valence-electron chi connectivity index (χ1n) is 5.23. The third-order valence-corrected chi connectivity index (χ3v) is 2.50. The molecule has 0 aliphatic heterocycles. The van der Waals surface area contributed by atoms with Crippen LogP contribution in [0.4, 0.5) is 0 Å². The Bertz CT molecular complexity index is 473. The molecule has 0 fully saturated rings. The minimum atomic E-state index is 0.710. The van der Waals surface area contributed by atoms with Crippen LogP contribution >= 0.6 is 0 Å². The van der Waals surface area contributed by atoms with Crippen LogP contribution in [0.1, 0.15) is 23.4 Å². The number of rotatable bonds is 3. The van der Waals surface area contributed by atoms with Crippen LogP contribution < -0.4 is 5.73 Å². The first kappa shape index (κ1) is 10.1. The highest BCUT2D eigenvalue weighted by Crippen LogP contribution is 2.13. The van der Waals surface area contributed by atoms with E-state index in [4.69, 9.17) is 5.73 Å². The topological polar surface area (TPSA) is 56.2 Å². The van der Waals surface area contributed by atoms with Gasteiger partial charge in [-0.1, -0.05) is 0 Å². The first-order valence-corrected chi connectivity index (χ1v) is 5.23. The number of hydrogen-bond acceptors (Lipinski definition) is 3. The van der Waals surface area contributed by atoms with Crippen molar-refractivity contribution in [1.29, 1.82) is 0 Å². The molecule has 80 valence electrons. The Kier molecular flexibility index (Phi) is 2.68. The number of aromatic nitrogens is 3. The van der Waals surface area contributed by atoms with Crippen molar-refractivity contribution in [1.82, 2.24) is 14.6 Å². The maximum absolute atomic E-state index is 5.50. The molecule has 2 aromatic heterocycles. The van der Waals surface area contributed by atoms with E-state index in [-0.39, 0.29) is 0 Å². The van der Waals surface area contributed by atoms with Gasteiger partial charge in [-0.3, -0.25) is 0 Å². The van der Waals surface area contributed by atoms with Crippen LogP contribution in [0.5, 0.6) is 0 Å². The minimum absolute atomic E-state index is 0.710. The van der Waals surface area contributed by atoms with Crippen LogP contribution in [0, 0.1) is 13.8 Å². The lowest BCUT2D eigenvalue weighted by Gasteiger charge is -2.01. The fourth-order valence-electron chi connectivity index (χ4n) is 1.78. The van der Waals surface area contributed by atoms with Crippen LogP contribution in [0.25, 0.3) is 5.65 Å². The van der Waals surface area contributed by atoms with Gasteiger partial charge in [0.2, 0.25) is 0 Å². The molecule has 0 spiro atoms. The molecular weight excluding hydrogens is 188 g/mol. The zero-order chi connectivity index (χ0) is 10.8. The number of hydrogen-bond donors (Lipinski definition) is 1. The van der Waals surface area contributed by atoms with Crippen molar-refractivity contribution < 1.29 is 0 Å². The highest BCUT2D eigenvalue weighted by molar-refractivity contribution is 5.47. The number of nitrogens with zero attached hydrogens (tertiary/aromatic N) is 3. The van der Waals surface area contributed by atoms with E-state index in [2.05, 4.69) is 10.1 Å². The van der Waals surface area contributed by atoms with Crippen molar-refractivity contribution in [3.8, 4) is 0 Å². The van der Waals surface area contributed by atoms with Gasteiger partial charge in [0, 0.05) is 17.0 Å². The highest BCUT2D eigenvalue weighted by atomic mass is 15.2. The summed E-state index contributed by atoms with van der Waals surface area (Å²) in [5.41, 5.74) is 9.82. The molecule has 0 amide bonds. The van der Waals surface area contributed by atoms with Gasteiger partial charge < -0.3 is 5.73 Å². The van der Waals surface area contributed by atoms with Crippen molar-refractivity contribution in [2.75, 3.05) is 6.54 Å². The molecule has 2 N–H and O–H groups in total. The normalized spacial score (nSPS) is 11.1. The van der Waals surface area contributed by atoms with Crippen LogP contribution in [0.2, 0.25) is 0 Å². The van der Waals surface area contributed by atoms with E-state index in [1.54, 1.807) is 0 Å². The quantitative estimate of drug-likeness (QED) is 0.818. The molecule has 4 nitrogen and oxygen atoms in total. The Morgan fingerprint density at radius 1 is 1.40 bits per heavy atom. The van der Waals surface area contributed by atoms with E-state index in [1.807, 2.05) is 30.6 Å². The predicted octanol–water partition coefficient (Wildman–Crippen LogP) is 1.24. The largest absolute Gasteiger partial charge is 0.330 e. The van der Waals surface area contributed by atoms with Gasteiger partial charge in [0.05, 0.1) is 6.20 Å². The van der Waals surface area contributed by atoms with Crippen LogP contribution in [-0.4, -0.2) is 21.1 Å². The van der Waals surface area contributed by atoms with Gasteiger partial charge in [-0.2, -0.15) is 5.10 Å². The number of aryl methyl sites for hydroxylation is 3. The summed E-state index contributed by atoms with van der Waals surface area (Å²) in [4.78, 5) is 4.51. The molecule has 0 aliphatic rings. The van der Waals surface area contributed by atoms with Gasteiger partial charge in [0.15, 0.2) is 5.65 Å². The van der Waals surface area contributed by atoms with Crippen LogP contribution in [0.3, 0.4) is 0 Å². The Morgan fingerprint density at radius 3 is 2.93 bits per heavy atom. The summed E-state index contributed by atoms with van der Waals surface area (Å²) in [6, 6.07) is 2.03. The summed E-state index contributed by atoms with van der Waals surface area (Å²) in [5.74, 6) is 0. The third kappa shape index (κ3) is 1.85. The van der Waals surface area contributed by atoms with Gasteiger partial charge in [0.25, 0.3) is 0 Å². The number of fused-ring (bicyclic) bond motifs is 1. The molecule has 4 heteroatoms. The van der Waals surface area contributed by atoms with Crippen molar-refractivity contribution >= 4 is 5.65 Å². The molecule has 0 radical (unpaired) electrons. The van der Waals surface area contributed by atoms with Gasteiger partial charge in [-0.15, -0.1) is 0 Å². The van der Waals surface area contributed by atoms with Gasteiger partial charge in [-0.25, -0.2) is 9.50 Å². The second-order valence-electron chi connectivity index (χ2n) is 3.84. The average molecular weight is 204 g/mol. The van der Waals surface area contributed by atoms with Gasteiger partial charge in [-0.05, 0) is 39.3 Å². The van der Waals surface area contributed by atoms with E-state index < -0.39 is 0 Å². The molecule has 2 rings (SSSR count). The predicted molar refractivity (Wildman–Crippen MR) is 59.8 cm³/mol. The number of nitrogens with two attached hydrogens (primary N) is 1. The van der Waals surface area contributed by atoms with Crippen molar-refractivity contribution in [2.45, 2.75) is 26.7 Å². The van der Waals surface area contributed by atoms with E-state index in [1.165, 1.54) is 5.56 Å². The minimum Gasteiger partial charge on any atom is -0.330 e. The molecule has 2 aromatic rings. The van der Waals surface area contributed by atoms with Crippen molar-refractivity contribution in [3.05, 3.63) is 29.2 Å². The van der Waals surface area contributed by atoms with Gasteiger partial charge in [0.1, 0.15) is 0 Å². The Hall–Kier alpha value is -1.42. The van der Waals surface area contributed by atoms with Crippen LogP contribution in [0.15, 0.2) is 12.3 Å². The average Bonchev–Trinajstić information content (AvgIpc) is 2.58. The molecule has 2 heterocycles. The second-order valence-corrected chi connectivity index (χ2v) is 3.84. The molecule has 0 unspecified atom stereocenters. The van der Waals surface area contributed by atoms with Crippen molar-refractivity contribution in [3.63, 3.8) is 0 Å². The fourth-order valence-corrected chi connectivity index (χ4v) is 1.78. The Labute approximate surface area is 89.1 Å². The van der Waals surface area contributed by atoms with Gasteiger partial charge >= 0.3 is 0 Å². The second kappa shape index (κ2) is 3.98. The fraction of sp³-hybridized carbons (Fsp3) is 0.455. The lowest BCUT2D eigenvalue weighted by molar-refractivity contribution is 0.834. The smallest absolute Gasteiger partial charge is 0.158 e. The zero-order valence-electron chi connectivity index (χ0n) is 9.20. The molecule has 0 aliphatic carbocycles. The Balaban J connectivity index is 2.49. The standard InChI is InChI=1S/C11H16N4/c1-8-6-9(2)15-11(14-8)10(7-13-15)4-3-5-12/h6-7H,3-5,12H2,1-2H3. The summed E-state index contributed by atoms with van der Waals surface area (Å²) in [5, 5.41) is 4.33. The summed E-state index contributed by atoms with van der Waals surface area (Å²) in [6.45, 7) is 4.76. The lowest BCUT2D eigenvalue weighted by Crippen LogP contribution is -2.01. The molecule has 0 bridgehead atoms. The summed E-state index contributed by atoms with van der Waals surface area (Å²) in [7, 11) is 0. The molecular formula is C11H16N4. The summed E-state index contributed by atoms with van der Waals surface area (Å²) >= 11 is 0. The van der Waals surface area contributed by atoms with Crippen molar-refractivity contribution in [2.24, 2.45) is 5.73 Å². The molecule has 0 atom stereocenters. The Morgan fingerprint density at radius 2 is 2.20 bits per heavy atom. The molecule has 0 saturated heterocycles. The SMILES string of the molecule is Cc1cc(C)n2ncc(CCCN)c2n1. The van der Waals surface area contributed by atoms with Crippen LogP contribution in [-0.2, 0) is 6.42 Å². The lowest BCUT2D eigenvalue weighted by atomic mass is 10.2. The molecule has 0 aromatic carbocycles. The summed E-state index contributed by atoms with van der Waals surface area (Å²) in [6.07, 6.45) is 3.83. The maximum atomic E-state index is 5.50. The molecule has 15 heavy (non-hydrogen) atoms. The van der Waals surface area contributed by atoms with E-state index in [0.717, 1.165) is 29.9 Å². The molecule has 0 saturated carbocycles. The van der Waals surface area contributed by atoms with E-state index in [9.17, 15) is 0 Å². The first-order chi connectivity index (χ1) is 7.22.